The van der Waals surface area contributed by atoms with E-state index in [-0.39, 0.29) is 21.9 Å². The quantitative estimate of drug-likeness (QED) is 0.433. The molecule has 7 nitrogen and oxygen atoms in total. The van der Waals surface area contributed by atoms with Crippen molar-refractivity contribution < 1.29 is 31.1 Å². The number of aromatic nitrogens is 1. The molecular weight excluding hydrogens is 527 g/mol. The monoisotopic (exact) mass is 547 g/mol. The molecule has 0 saturated carbocycles. The molecule has 5 rings (SSSR count). The number of nitrogens with zero attached hydrogens (tertiary/aromatic N) is 2. The number of pyridine rings is 1. The number of hydrogen-bond acceptors (Lipinski definition) is 6. The Kier molecular flexibility index (Phi) is 6.40. The summed E-state index contributed by atoms with van der Waals surface area (Å²) < 4.78 is 70.9. The minimum atomic E-state index is -5.01. The van der Waals surface area contributed by atoms with E-state index in [4.69, 9.17) is 0 Å². The van der Waals surface area contributed by atoms with Crippen LogP contribution in [0, 0.1) is 0 Å². The van der Waals surface area contributed by atoms with Crippen LogP contribution in [-0.2, 0) is 16.6 Å². The van der Waals surface area contributed by atoms with Gasteiger partial charge < -0.3 is 9.64 Å². The number of carbonyl (C=O) groups excluding carboxylic acids is 1. The van der Waals surface area contributed by atoms with Crippen molar-refractivity contribution in [2.75, 3.05) is 11.8 Å². The number of hydrogen-bond donors (Lipinski definition) is 1. The van der Waals surface area contributed by atoms with Crippen LogP contribution >= 0.6 is 11.8 Å². The van der Waals surface area contributed by atoms with Gasteiger partial charge in [-0.05, 0) is 59.5 Å². The zero-order chi connectivity index (χ0) is 26.4. The lowest BCUT2D eigenvalue weighted by atomic mass is 10.0. The summed E-state index contributed by atoms with van der Waals surface area (Å²) in [7, 11) is -2.52. The minimum absolute atomic E-state index is 0.0191. The molecule has 1 aromatic heterocycles. The van der Waals surface area contributed by atoms with Gasteiger partial charge in [0.05, 0.1) is 5.69 Å². The summed E-state index contributed by atoms with van der Waals surface area (Å²) in [5.74, 6) is -0.686. The maximum atomic E-state index is 13.0. The Morgan fingerprint density at radius 2 is 1.95 bits per heavy atom. The molecule has 12 heteroatoms. The predicted octanol–water partition coefficient (Wildman–Crippen LogP) is 5.59. The maximum Gasteiger partial charge on any atom is 0.573 e. The highest BCUT2D eigenvalue weighted by Crippen LogP contribution is 2.49. The number of anilines is 1. The Morgan fingerprint density at radius 1 is 1.14 bits per heavy atom. The van der Waals surface area contributed by atoms with Crippen molar-refractivity contribution in [2.45, 2.75) is 29.6 Å². The van der Waals surface area contributed by atoms with Crippen molar-refractivity contribution in [3.05, 3.63) is 89.1 Å². The lowest BCUT2D eigenvalue weighted by Gasteiger charge is -2.18. The average molecular weight is 548 g/mol. The first-order chi connectivity index (χ1) is 17.5. The number of carbonyl (C=O) groups is 1. The third kappa shape index (κ3) is 5.30. The number of thioether (sulfide) groups is 1. The fourth-order valence-corrected chi connectivity index (χ4v) is 6.47. The zero-order valence-electron chi connectivity index (χ0n) is 19.3. The third-order valence-corrected chi connectivity index (χ3v) is 8.61. The van der Waals surface area contributed by atoms with Crippen LogP contribution in [0.1, 0.15) is 38.7 Å². The molecule has 0 spiro atoms. The Morgan fingerprint density at radius 3 is 2.68 bits per heavy atom. The van der Waals surface area contributed by atoms with E-state index in [1.165, 1.54) is 48.3 Å². The molecular formula is C25H20F3N3O4S2. The van der Waals surface area contributed by atoms with Crippen LogP contribution in [0.3, 0.4) is 0 Å². The molecule has 2 aliphatic heterocycles. The molecule has 3 aromatic rings. The van der Waals surface area contributed by atoms with Gasteiger partial charge in [-0.3, -0.25) is 9.52 Å². The molecule has 2 aliphatic rings. The second-order valence-electron chi connectivity index (χ2n) is 8.52. The van der Waals surface area contributed by atoms with E-state index in [0.29, 0.717) is 24.1 Å². The number of fused-ring (bicyclic) bond motifs is 1. The van der Waals surface area contributed by atoms with E-state index in [0.717, 1.165) is 22.1 Å². The largest absolute Gasteiger partial charge is 0.573 e. The third-order valence-electron chi connectivity index (χ3n) is 5.92. The van der Waals surface area contributed by atoms with Crippen LogP contribution in [0.15, 0.2) is 71.9 Å². The molecule has 0 bridgehead atoms. The van der Waals surface area contributed by atoms with Gasteiger partial charge in [0.1, 0.15) is 0 Å². The van der Waals surface area contributed by atoms with Crippen molar-refractivity contribution in [3.63, 3.8) is 0 Å². The van der Waals surface area contributed by atoms with Crippen molar-refractivity contribution in [1.82, 2.24) is 9.88 Å². The molecule has 0 saturated heterocycles. The predicted molar refractivity (Wildman–Crippen MR) is 133 cm³/mol. The summed E-state index contributed by atoms with van der Waals surface area (Å²) in [6, 6.07) is 13.8. The van der Waals surface area contributed by atoms with Gasteiger partial charge in [0.2, 0.25) is 0 Å². The van der Waals surface area contributed by atoms with Gasteiger partial charge in [0.25, 0.3) is 15.9 Å². The highest BCUT2D eigenvalue weighted by molar-refractivity contribution is 8.08. The van der Waals surface area contributed by atoms with E-state index in [1.807, 2.05) is 18.2 Å². The van der Waals surface area contributed by atoms with Crippen LogP contribution in [0.25, 0.3) is 4.91 Å². The normalized spacial score (nSPS) is 17.5. The molecule has 1 amide bonds. The fraction of sp³-hybridized carbons (Fsp3) is 0.200. The molecule has 192 valence electrons. The maximum absolute atomic E-state index is 13.0. The van der Waals surface area contributed by atoms with Gasteiger partial charge in [0, 0.05) is 35.5 Å². The highest BCUT2D eigenvalue weighted by Gasteiger charge is 2.34. The molecule has 0 aliphatic carbocycles. The summed E-state index contributed by atoms with van der Waals surface area (Å²) in [5, 5.41) is -0.496. The molecule has 0 radical (unpaired) electrons. The number of halogens is 3. The van der Waals surface area contributed by atoms with Crippen molar-refractivity contribution >= 4 is 38.3 Å². The summed E-state index contributed by atoms with van der Waals surface area (Å²) in [4.78, 5) is 18.6. The van der Waals surface area contributed by atoms with Crippen LogP contribution in [-0.4, -0.2) is 37.6 Å². The van der Waals surface area contributed by atoms with E-state index < -0.39 is 22.1 Å². The first-order valence-electron chi connectivity index (χ1n) is 11.1. The first-order valence-corrected chi connectivity index (χ1v) is 13.5. The molecule has 37 heavy (non-hydrogen) atoms. The van der Waals surface area contributed by atoms with Gasteiger partial charge in [-0.2, -0.15) is 8.42 Å². The van der Waals surface area contributed by atoms with Gasteiger partial charge >= 0.3 is 6.36 Å². The van der Waals surface area contributed by atoms with E-state index in [2.05, 4.69) is 14.4 Å². The molecule has 3 heterocycles. The summed E-state index contributed by atoms with van der Waals surface area (Å²) in [5.41, 5.74) is 2.85. The number of ether oxygens (including phenoxy) is 1. The molecule has 1 N–H and O–H groups in total. The Hall–Kier alpha value is -3.51. The lowest BCUT2D eigenvalue weighted by molar-refractivity contribution is -0.274. The number of benzene rings is 2. The first kappa shape index (κ1) is 25.2. The Bertz CT molecular complexity index is 1510. The smallest absolute Gasteiger partial charge is 0.404 e. The van der Waals surface area contributed by atoms with Gasteiger partial charge in [-0.15, -0.1) is 24.9 Å². The highest BCUT2D eigenvalue weighted by atomic mass is 32.2. The summed E-state index contributed by atoms with van der Waals surface area (Å²) >= 11 is 1.52. The van der Waals surface area contributed by atoms with Crippen molar-refractivity contribution in [1.29, 1.82) is 0 Å². The fourth-order valence-electron chi connectivity index (χ4n) is 4.22. The second-order valence-corrected chi connectivity index (χ2v) is 11.4. The van der Waals surface area contributed by atoms with Crippen molar-refractivity contribution in [3.8, 4) is 5.75 Å². The number of amides is 1. The SMILES string of the molecule is CN1Cc2cc(C3=CCC(c4ccc(OC(F)(F)F)c(NS(=O)(=O)c5ccccn5)c4)S3)ccc2C1=O. The number of allylic oxidation sites excluding steroid dienone is 1. The summed E-state index contributed by atoms with van der Waals surface area (Å²) in [6.07, 6.45) is -1.13. The summed E-state index contributed by atoms with van der Waals surface area (Å²) in [6.45, 7) is 0.532. The van der Waals surface area contributed by atoms with E-state index >= 15 is 0 Å². The Balaban J connectivity index is 1.40. The molecule has 2 aromatic carbocycles. The van der Waals surface area contributed by atoms with E-state index in [9.17, 15) is 26.4 Å². The number of rotatable bonds is 6. The molecule has 0 fully saturated rings. The number of sulfonamides is 1. The minimum Gasteiger partial charge on any atom is -0.404 e. The average Bonchev–Trinajstić information content (AvgIpc) is 3.44. The van der Waals surface area contributed by atoms with Crippen molar-refractivity contribution in [2.24, 2.45) is 0 Å². The van der Waals surface area contributed by atoms with Crippen LogP contribution in [0.2, 0.25) is 0 Å². The molecule has 1 atom stereocenters. The van der Waals surface area contributed by atoms with Crippen LogP contribution < -0.4 is 9.46 Å². The van der Waals surface area contributed by atoms with Crippen LogP contribution in [0.4, 0.5) is 18.9 Å². The van der Waals surface area contributed by atoms with Gasteiger partial charge in [-0.25, -0.2) is 4.98 Å². The zero-order valence-corrected chi connectivity index (χ0v) is 21.0. The number of alkyl halides is 3. The number of nitrogens with one attached hydrogen (secondary N) is 1. The standard InChI is InChI=1S/C25H20F3N3O4S2/c1-31-14-17-12-15(5-7-18(17)24(31)32)21-9-10-22(36-21)16-6-8-20(35-25(26,27)28)19(13-16)30-37(33,34)23-4-2-3-11-29-23/h2-9,11-13,22,30H,10,14H2,1H3. The van der Waals surface area contributed by atoms with Gasteiger partial charge in [-0.1, -0.05) is 24.3 Å². The Labute approximate surface area is 215 Å². The lowest BCUT2D eigenvalue weighted by Crippen LogP contribution is -2.20. The second kappa shape index (κ2) is 9.42. The van der Waals surface area contributed by atoms with Gasteiger partial charge in [0.15, 0.2) is 10.8 Å². The molecule has 1 unspecified atom stereocenters. The topological polar surface area (TPSA) is 88.6 Å². The van der Waals surface area contributed by atoms with Crippen LogP contribution in [0.5, 0.6) is 5.75 Å². The van der Waals surface area contributed by atoms with E-state index in [1.54, 1.807) is 18.0 Å².